The fraction of sp³-hybridized carbons (Fsp3) is 0.409. The van der Waals surface area contributed by atoms with Gasteiger partial charge < -0.3 is 24.3 Å². The Kier molecular flexibility index (Phi) is 5.10. The molecule has 0 amide bonds. The molecule has 0 saturated carbocycles. The SMILES string of the molecule is CCO[C@@H]1c2c(COC)cn3c(C)c(C)nc3c2N[C@H](c2ccccc2)[C@H]1O. The van der Waals surface area contributed by atoms with Crippen LogP contribution in [0.1, 0.15) is 47.1 Å². The molecular weight excluding hydrogens is 354 g/mol. The van der Waals surface area contributed by atoms with Gasteiger partial charge in [-0.15, -0.1) is 0 Å². The second-order valence-electron chi connectivity index (χ2n) is 7.25. The molecule has 3 heterocycles. The number of aromatic nitrogens is 2. The van der Waals surface area contributed by atoms with Crippen LogP contribution in [0.5, 0.6) is 0 Å². The molecule has 3 aromatic rings. The standard InChI is InChI=1S/C22H27N3O3/c1-5-28-21-17-16(12-27-4)11-25-14(3)13(2)23-22(25)19(17)24-18(20(21)26)15-9-7-6-8-10-15/h6-11,18,20-21,24,26H,5,12H2,1-4H3/t18-,20-,21-/m1/s1. The molecule has 1 aliphatic heterocycles. The van der Waals surface area contributed by atoms with Gasteiger partial charge in [-0.3, -0.25) is 0 Å². The third-order valence-corrected chi connectivity index (χ3v) is 5.55. The first-order valence-electron chi connectivity index (χ1n) is 9.67. The maximum atomic E-state index is 11.2. The van der Waals surface area contributed by atoms with Gasteiger partial charge in [-0.1, -0.05) is 30.3 Å². The summed E-state index contributed by atoms with van der Waals surface area (Å²) in [6, 6.07) is 9.69. The van der Waals surface area contributed by atoms with Gasteiger partial charge in [0.15, 0.2) is 5.65 Å². The van der Waals surface area contributed by atoms with E-state index in [2.05, 4.69) is 22.8 Å². The highest BCUT2D eigenvalue weighted by Gasteiger charge is 2.40. The molecule has 0 aliphatic carbocycles. The van der Waals surface area contributed by atoms with Crippen LogP contribution in [0, 0.1) is 13.8 Å². The van der Waals surface area contributed by atoms with E-state index in [1.54, 1.807) is 7.11 Å². The monoisotopic (exact) mass is 381 g/mol. The molecule has 1 aliphatic rings. The molecule has 0 radical (unpaired) electrons. The van der Waals surface area contributed by atoms with Crippen LogP contribution in [-0.2, 0) is 16.1 Å². The predicted molar refractivity (Wildman–Crippen MR) is 109 cm³/mol. The summed E-state index contributed by atoms with van der Waals surface area (Å²) in [5.74, 6) is 0. The molecule has 0 unspecified atom stereocenters. The molecule has 2 N–H and O–H groups in total. The molecule has 4 rings (SSSR count). The normalized spacial score (nSPS) is 21.5. The highest BCUT2D eigenvalue weighted by Crippen LogP contribution is 2.45. The molecule has 0 spiro atoms. The number of ether oxygens (including phenoxy) is 2. The van der Waals surface area contributed by atoms with Crippen LogP contribution in [0.25, 0.3) is 5.65 Å². The largest absolute Gasteiger partial charge is 0.388 e. The van der Waals surface area contributed by atoms with Gasteiger partial charge in [-0.05, 0) is 26.3 Å². The van der Waals surface area contributed by atoms with E-state index in [-0.39, 0.29) is 6.04 Å². The van der Waals surface area contributed by atoms with E-state index >= 15 is 0 Å². The third-order valence-electron chi connectivity index (χ3n) is 5.55. The Balaban J connectivity index is 1.97. The van der Waals surface area contributed by atoms with Gasteiger partial charge >= 0.3 is 0 Å². The van der Waals surface area contributed by atoms with Crippen molar-refractivity contribution in [2.75, 3.05) is 19.0 Å². The average Bonchev–Trinajstić information content (AvgIpc) is 2.99. The van der Waals surface area contributed by atoms with Crippen LogP contribution in [-0.4, -0.2) is 34.3 Å². The minimum Gasteiger partial charge on any atom is -0.388 e. The van der Waals surface area contributed by atoms with Crippen LogP contribution in [0.2, 0.25) is 0 Å². The summed E-state index contributed by atoms with van der Waals surface area (Å²) in [6.07, 6.45) is 0.861. The number of aryl methyl sites for hydroxylation is 2. The van der Waals surface area contributed by atoms with Crippen molar-refractivity contribution in [3.8, 4) is 0 Å². The van der Waals surface area contributed by atoms with Crippen molar-refractivity contribution in [1.29, 1.82) is 0 Å². The van der Waals surface area contributed by atoms with Crippen molar-refractivity contribution < 1.29 is 14.6 Å². The van der Waals surface area contributed by atoms with E-state index in [1.807, 2.05) is 44.2 Å². The Hall–Kier alpha value is -2.41. The summed E-state index contributed by atoms with van der Waals surface area (Å²) < 4.78 is 13.6. The lowest BCUT2D eigenvalue weighted by molar-refractivity contribution is -0.0472. The molecular formula is C22H27N3O3. The van der Waals surface area contributed by atoms with Crippen molar-refractivity contribution in [2.24, 2.45) is 0 Å². The number of nitrogens with zero attached hydrogens (tertiary/aromatic N) is 2. The molecule has 28 heavy (non-hydrogen) atoms. The van der Waals surface area contributed by atoms with Gasteiger partial charge in [0.2, 0.25) is 0 Å². The maximum absolute atomic E-state index is 11.2. The van der Waals surface area contributed by atoms with Crippen LogP contribution in [0.3, 0.4) is 0 Å². The number of benzene rings is 1. The topological polar surface area (TPSA) is 68.0 Å². The molecule has 0 saturated heterocycles. The Morgan fingerprint density at radius 2 is 1.96 bits per heavy atom. The Bertz CT molecular complexity index is 984. The quantitative estimate of drug-likeness (QED) is 0.705. The molecule has 0 fully saturated rings. The molecule has 0 bridgehead atoms. The van der Waals surface area contributed by atoms with Gasteiger partial charge in [0, 0.05) is 36.7 Å². The summed E-state index contributed by atoms with van der Waals surface area (Å²) in [4.78, 5) is 4.80. The number of aliphatic hydroxyl groups excluding tert-OH is 1. The fourth-order valence-electron chi connectivity index (χ4n) is 4.09. The van der Waals surface area contributed by atoms with Gasteiger partial charge in [0.05, 0.1) is 24.0 Å². The predicted octanol–water partition coefficient (Wildman–Crippen LogP) is 3.70. The summed E-state index contributed by atoms with van der Waals surface area (Å²) in [6.45, 7) is 6.96. The summed E-state index contributed by atoms with van der Waals surface area (Å²) in [5, 5.41) is 14.8. The van der Waals surface area contributed by atoms with Crippen LogP contribution in [0.15, 0.2) is 36.5 Å². The van der Waals surface area contributed by atoms with E-state index in [0.29, 0.717) is 13.2 Å². The second kappa shape index (κ2) is 7.54. The molecule has 3 atom stereocenters. The lowest BCUT2D eigenvalue weighted by Gasteiger charge is -2.39. The van der Waals surface area contributed by atoms with Gasteiger partial charge in [0.25, 0.3) is 0 Å². The number of methoxy groups -OCH3 is 1. The fourth-order valence-corrected chi connectivity index (χ4v) is 4.09. The first-order chi connectivity index (χ1) is 13.6. The zero-order chi connectivity index (χ0) is 19.8. The van der Waals surface area contributed by atoms with E-state index < -0.39 is 12.2 Å². The van der Waals surface area contributed by atoms with E-state index in [1.165, 1.54) is 0 Å². The zero-order valence-electron chi connectivity index (χ0n) is 16.8. The van der Waals surface area contributed by atoms with Crippen molar-refractivity contribution in [2.45, 2.75) is 45.6 Å². The average molecular weight is 381 g/mol. The first-order valence-corrected chi connectivity index (χ1v) is 9.67. The first kappa shape index (κ1) is 18.9. The number of hydrogen-bond donors (Lipinski definition) is 2. The summed E-state index contributed by atoms with van der Waals surface area (Å²) in [7, 11) is 1.68. The maximum Gasteiger partial charge on any atom is 0.161 e. The Morgan fingerprint density at radius 1 is 1.21 bits per heavy atom. The van der Waals surface area contributed by atoms with Crippen LogP contribution < -0.4 is 5.32 Å². The Labute approximate surface area is 165 Å². The number of anilines is 1. The highest BCUT2D eigenvalue weighted by atomic mass is 16.5. The number of rotatable bonds is 5. The van der Waals surface area contributed by atoms with Crippen molar-refractivity contribution in [3.05, 3.63) is 64.6 Å². The van der Waals surface area contributed by atoms with Crippen LogP contribution in [0.4, 0.5) is 5.69 Å². The van der Waals surface area contributed by atoms with Gasteiger partial charge in [-0.25, -0.2) is 4.98 Å². The van der Waals surface area contributed by atoms with E-state index in [0.717, 1.165) is 39.4 Å². The number of hydrogen-bond acceptors (Lipinski definition) is 5. The number of fused-ring (bicyclic) bond motifs is 3. The number of pyridine rings is 1. The van der Waals surface area contributed by atoms with Crippen molar-refractivity contribution in [3.63, 3.8) is 0 Å². The van der Waals surface area contributed by atoms with Gasteiger partial charge in [0.1, 0.15) is 12.2 Å². The summed E-state index contributed by atoms with van der Waals surface area (Å²) in [5.41, 5.74) is 6.76. The second-order valence-corrected chi connectivity index (χ2v) is 7.25. The number of aliphatic hydroxyl groups is 1. The van der Waals surface area contributed by atoms with E-state index in [9.17, 15) is 5.11 Å². The minimum absolute atomic E-state index is 0.288. The molecule has 2 aromatic heterocycles. The minimum atomic E-state index is -0.731. The van der Waals surface area contributed by atoms with E-state index in [4.69, 9.17) is 14.5 Å². The zero-order valence-corrected chi connectivity index (χ0v) is 16.8. The van der Waals surface area contributed by atoms with Gasteiger partial charge in [-0.2, -0.15) is 0 Å². The van der Waals surface area contributed by atoms with Crippen molar-refractivity contribution in [1.82, 2.24) is 9.38 Å². The van der Waals surface area contributed by atoms with Crippen molar-refractivity contribution >= 4 is 11.3 Å². The molecule has 1 aromatic carbocycles. The number of imidazole rings is 1. The third kappa shape index (κ3) is 2.98. The Morgan fingerprint density at radius 3 is 2.64 bits per heavy atom. The molecule has 6 heteroatoms. The van der Waals surface area contributed by atoms with Crippen LogP contribution >= 0.6 is 0 Å². The lowest BCUT2D eigenvalue weighted by atomic mass is 9.86. The molecule has 6 nitrogen and oxygen atoms in total. The smallest absolute Gasteiger partial charge is 0.161 e. The highest BCUT2D eigenvalue weighted by molar-refractivity contribution is 5.77. The lowest BCUT2D eigenvalue weighted by Crippen LogP contribution is -2.38. The molecule has 148 valence electrons. The summed E-state index contributed by atoms with van der Waals surface area (Å²) >= 11 is 0. The number of nitrogens with one attached hydrogen (secondary N) is 1.